The van der Waals surface area contributed by atoms with Crippen molar-refractivity contribution in [3.63, 3.8) is 0 Å². The van der Waals surface area contributed by atoms with Gasteiger partial charge in [0, 0.05) is 18.2 Å². The van der Waals surface area contributed by atoms with Gasteiger partial charge in [-0.3, -0.25) is 14.5 Å². The largest absolute Gasteiger partial charge is 0.345 e. The first-order chi connectivity index (χ1) is 10.8. The Hall–Kier alpha value is -2.95. The normalized spacial score (nSPS) is 14.7. The Morgan fingerprint density at radius 3 is 2.95 bits per heavy atom. The molecule has 0 saturated heterocycles. The number of hydrogen-bond acceptors (Lipinski definition) is 3. The molecule has 0 unspecified atom stereocenters. The van der Waals surface area contributed by atoms with E-state index in [1.54, 1.807) is 24.7 Å². The smallest absolute Gasteiger partial charge is 0.253 e. The number of carbonyl (C=O) groups excluding carboxylic acids is 2. The molecule has 1 aliphatic rings. The van der Waals surface area contributed by atoms with Crippen molar-refractivity contribution in [1.82, 2.24) is 14.9 Å². The number of carbonyl (C=O) groups is 2. The molecule has 110 valence electrons. The summed E-state index contributed by atoms with van der Waals surface area (Å²) in [4.78, 5) is 32.1. The first kappa shape index (κ1) is 14.0. The number of aromatic amines is 1. The van der Waals surface area contributed by atoms with Crippen LogP contribution in [0.15, 0.2) is 55.0 Å². The minimum absolute atomic E-state index is 0.261. The van der Waals surface area contributed by atoms with Crippen molar-refractivity contribution < 1.29 is 9.59 Å². The van der Waals surface area contributed by atoms with Crippen molar-refractivity contribution in [1.29, 1.82) is 0 Å². The SMILES string of the molecule is O=C1C=CCCN1C(=O)/C=C/c1ccccc1-c1cnc[nH]1. The van der Waals surface area contributed by atoms with Crippen LogP contribution in [0.5, 0.6) is 0 Å². The van der Waals surface area contributed by atoms with Crippen molar-refractivity contribution in [2.75, 3.05) is 6.54 Å². The fourth-order valence-electron chi connectivity index (χ4n) is 2.35. The van der Waals surface area contributed by atoms with Crippen LogP contribution in [0, 0.1) is 0 Å². The third-order valence-corrected chi connectivity index (χ3v) is 3.47. The first-order valence-corrected chi connectivity index (χ1v) is 7.03. The van der Waals surface area contributed by atoms with Gasteiger partial charge in [-0.15, -0.1) is 0 Å². The van der Waals surface area contributed by atoms with E-state index in [4.69, 9.17) is 0 Å². The zero-order chi connectivity index (χ0) is 15.4. The average Bonchev–Trinajstić information content (AvgIpc) is 3.07. The Kier molecular flexibility index (Phi) is 3.96. The zero-order valence-corrected chi connectivity index (χ0v) is 11.9. The molecule has 0 aliphatic carbocycles. The molecule has 0 saturated carbocycles. The second kappa shape index (κ2) is 6.22. The van der Waals surface area contributed by atoms with E-state index >= 15 is 0 Å². The number of amides is 2. The lowest BCUT2D eigenvalue weighted by Gasteiger charge is -2.19. The first-order valence-electron chi connectivity index (χ1n) is 7.03. The van der Waals surface area contributed by atoms with E-state index in [2.05, 4.69) is 9.97 Å². The second-order valence-corrected chi connectivity index (χ2v) is 4.91. The molecule has 3 rings (SSSR count). The van der Waals surface area contributed by atoms with Crippen LogP contribution in [0.25, 0.3) is 17.3 Å². The summed E-state index contributed by atoms with van der Waals surface area (Å²) in [5, 5.41) is 0. The molecule has 2 aromatic rings. The van der Waals surface area contributed by atoms with Crippen molar-refractivity contribution in [2.24, 2.45) is 0 Å². The highest BCUT2D eigenvalue weighted by molar-refractivity contribution is 6.07. The van der Waals surface area contributed by atoms with Crippen LogP contribution in [0.2, 0.25) is 0 Å². The van der Waals surface area contributed by atoms with Gasteiger partial charge in [0.15, 0.2) is 0 Å². The molecule has 2 amide bonds. The Balaban J connectivity index is 1.83. The molecule has 1 N–H and O–H groups in total. The Morgan fingerprint density at radius 1 is 1.32 bits per heavy atom. The number of imide groups is 1. The summed E-state index contributed by atoms with van der Waals surface area (Å²) >= 11 is 0. The lowest BCUT2D eigenvalue weighted by Crippen LogP contribution is -2.37. The van der Waals surface area contributed by atoms with Crippen LogP contribution < -0.4 is 0 Å². The molecular weight excluding hydrogens is 278 g/mol. The fourth-order valence-corrected chi connectivity index (χ4v) is 2.35. The molecular formula is C17H15N3O2. The van der Waals surface area contributed by atoms with E-state index in [-0.39, 0.29) is 11.8 Å². The molecule has 1 aromatic heterocycles. The third-order valence-electron chi connectivity index (χ3n) is 3.47. The summed E-state index contributed by atoms with van der Waals surface area (Å²) in [6.45, 7) is 0.431. The van der Waals surface area contributed by atoms with Crippen LogP contribution in [0.1, 0.15) is 12.0 Å². The van der Waals surface area contributed by atoms with Crippen LogP contribution in [0.3, 0.4) is 0 Å². The van der Waals surface area contributed by atoms with Gasteiger partial charge in [0.2, 0.25) is 0 Å². The number of nitrogens with zero attached hydrogens (tertiary/aromatic N) is 2. The average molecular weight is 293 g/mol. The van der Waals surface area contributed by atoms with Crippen LogP contribution in [-0.4, -0.2) is 33.2 Å². The number of hydrogen-bond donors (Lipinski definition) is 1. The fraction of sp³-hybridized carbons (Fsp3) is 0.118. The highest BCUT2D eigenvalue weighted by Crippen LogP contribution is 2.22. The van der Waals surface area contributed by atoms with E-state index in [0.29, 0.717) is 13.0 Å². The van der Waals surface area contributed by atoms with Crippen molar-refractivity contribution in [2.45, 2.75) is 6.42 Å². The van der Waals surface area contributed by atoms with E-state index in [0.717, 1.165) is 16.8 Å². The maximum absolute atomic E-state index is 12.1. The molecule has 0 radical (unpaired) electrons. The molecule has 0 atom stereocenters. The summed E-state index contributed by atoms with van der Waals surface area (Å²) in [5.74, 6) is -0.559. The molecule has 0 spiro atoms. The zero-order valence-electron chi connectivity index (χ0n) is 11.9. The predicted octanol–water partition coefficient (Wildman–Crippen LogP) is 2.41. The maximum atomic E-state index is 12.1. The van der Waals surface area contributed by atoms with Crippen molar-refractivity contribution >= 4 is 17.9 Å². The summed E-state index contributed by atoms with van der Waals surface area (Å²) in [6, 6.07) is 7.69. The second-order valence-electron chi connectivity index (χ2n) is 4.91. The Bertz CT molecular complexity index is 745. The number of benzene rings is 1. The molecule has 2 heterocycles. The van der Waals surface area contributed by atoms with E-state index < -0.39 is 0 Å². The highest BCUT2D eigenvalue weighted by atomic mass is 16.2. The highest BCUT2D eigenvalue weighted by Gasteiger charge is 2.18. The molecule has 0 bridgehead atoms. The molecule has 0 fully saturated rings. The summed E-state index contributed by atoms with van der Waals surface area (Å²) in [7, 11) is 0. The Morgan fingerprint density at radius 2 is 2.18 bits per heavy atom. The van der Waals surface area contributed by atoms with Gasteiger partial charge < -0.3 is 4.98 Å². The molecule has 5 heteroatoms. The predicted molar refractivity (Wildman–Crippen MR) is 83.5 cm³/mol. The standard InChI is InChI=1S/C17H15N3O2/c21-16-7-3-4-10-20(16)17(22)9-8-13-5-1-2-6-14(13)15-11-18-12-19-15/h1-3,5-9,11-12H,4,10H2,(H,18,19)/b9-8+. The number of imidazole rings is 1. The topological polar surface area (TPSA) is 66.1 Å². The van der Waals surface area contributed by atoms with E-state index in [9.17, 15) is 9.59 Å². The van der Waals surface area contributed by atoms with Gasteiger partial charge in [-0.2, -0.15) is 0 Å². The lowest BCUT2D eigenvalue weighted by atomic mass is 10.0. The van der Waals surface area contributed by atoms with Crippen molar-refractivity contribution in [3.8, 4) is 11.3 Å². The van der Waals surface area contributed by atoms with E-state index in [1.807, 2.05) is 24.3 Å². The summed E-state index contributed by atoms with van der Waals surface area (Å²) in [5.41, 5.74) is 2.72. The number of aromatic nitrogens is 2. The number of nitrogens with one attached hydrogen (secondary N) is 1. The van der Waals surface area contributed by atoms with E-state index in [1.165, 1.54) is 17.1 Å². The monoisotopic (exact) mass is 293 g/mol. The lowest BCUT2D eigenvalue weighted by molar-refractivity contribution is -0.139. The Labute approximate surface area is 128 Å². The number of H-pyrrole nitrogens is 1. The van der Waals surface area contributed by atoms with Gasteiger partial charge in [0.05, 0.1) is 18.2 Å². The molecule has 5 nitrogen and oxygen atoms in total. The minimum Gasteiger partial charge on any atom is -0.345 e. The van der Waals surface area contributed by atoms with Crippen LogP contribution >= 0.6 is 0 Å². The van der Waals surface area contributed by atoms with Gasteiger partial charge >= 0.3 is 0 Å². The maximum Gasteiger partial charge on any atom is 0.253 e. The van der Waals surface area contributed by atoms with Gasteiger partial charge in [-0.25, -0.2) is 4.98 Å². The van der Waals surface area contributed by atoms with Gasteiger partial charge in [-0.05, 0) is 24.1 Å². The van der Waals surface area contributed by atoms with Gasteiger partial charge in [0.25, 0.3) is 11.8 Å². The van der Waals surface area contributed by atoms with Gasteiger partial charge in [-0.1, -0.05) is 30.3 Å². The van der Waals surface area contributed by atoms with Crippen LogP contribution in [0.4, 0.5) is 0 Å². The number of rotatable bonds is 3. The minimum atomic E-state index is -0.297. The molecule has 1 aliphatic heterocycles. The quantitative estimate of drug-likeness (QED) is 0.884. The van der Waals surface area contributed by atoms with Crippen LogP contribution in [-0.2, 0) is 9.59 Å². The third kappa shape index (κ3) is 2.88. The summed E-state index contributed by atoms with van der Waals surface area (Å²) < 4.78 is 0. The summed E-state index contributed by atoms with van der Waals surface area (Å²) in [6.07, 6.45) is 10.4. The molecule has 1 aromatic carbocycles. The molecule has 22 heavy (non-hydrogen) atoms. The van der Waals surface area contributed by atoms with Gasteiger partial charge in [0.1, 0.15) is 0 Å². The van der Waals surface area contributed by atoms with Crippen molar-refractivity contribution in [3.05, 3.63) is 60.6 Å².